The largest absolute Gasteiger partial charge is 0.497 e. The van der Waals surface area contributed by atoms with E-state index in [0.29, 0.717) is 48.7 Å². The molecule has 0 N–H and O–H groups in total. The second-order valence-corrected chi connectivity index (χ2v) is 4.03. The molecule has 108 valence electrons. The first-order valence-electron chi connectivity index (χ1n) is 5.84. The number of halogens is 1. The molecule has 19 heavy (non-hydrogen) atoms. The van der Waals surface area contributed by atoms with Crippen molar-refractivity contribution in [3.63, 3.8) is 0 Å². The van der Waals surface area contributed by atoms with Gasteiger partial charge in [0.2, 0.25) is 0 Å². The lowest BCUT2D eigenvalue weighted by atomic mass is 10.3. The van der Waals surface area contributed by atoms with Gasteiger partial charge in [-0.1, -0.05) is 11.6 Å². The van der Waals surface area contributed by atoms with Crippen molar-refractivity contribution in [1.82, 2.24) is 0 Å². The molecule has 1 rings (SSSR count). The van der Waals surface area contributed by atoms with Gasteiger partial charge < -0.3 is 23.7 Å². The minimum absolute atomic E-state index is 0.392. The van der Waals surface area contributed by atoms with Crippen molar-refractivity contribution in [2.45, 2.75) is 0 Å². The molecule has 0 fully saturated rings. The van der Waals surface area contributed by atoms with Gasteiger partial charge in [0.1, 0.15) is 19.0 Å². The number of rotatable bonds is 9. The molecule has 0 amide bonds. The predicted octanol–water partition coefficient (Wildman–Crippen LogP) is 2.40. The lowest BCUT2D eigenvalue weighted by Gasteiger charge is -2.15. The van der Waals surface area contributed by atoms with Crippen molar-refractivity contribution in [2.24, 2.45) is 0 Å². The van der Waals surface area contributed by atoms with Gasteiger partial charge in [-0.2, -0.15) is 0 Å². The highest BCUT2D eigenvalue weighted by Crippen LogP contribution is 2.39. The van der Waals surface area contributed by atoms with Crippen LogP contribution >= 0.6 is 11.6 Å². The van der Waals surface area contributed by atoms with E-state index in [2.05, 4.69) is 0 Å². The summed E-state index contributed by atoms with van der Waals surface area (Å²) in [6, 6.07) is 3.40. The first-order valence-corrected chi connectivity index (χ1v) is 6.21. The number of hydrogen-bond donors (Lipinski definition) is 0. The average Bonchev–Trinajstić information content (AvgIpc) is 2.41. The molecule has 0 saturated heterocycles. The monoisotopic (exact) mass is 290 g/mol. The number of benzene rings is 1. The summed E-state index contributed by atoms with van der Waals surface area (Å²) in [6.45, 7) is 1.75. The van der Waals surface area contributed by atoms with E-state index >= 15 is 0 Å². The average molecular weight is 291 g/mol. The van der Waals surface area contributed by atoms with Crippen LogP contribution in [-0.2, 0) is 9.47 Å². The van der Waals surface area contributed by atoms with Crippen LogP contribution in [0.5, 0.6) is 17.2 Å². The van der Waals surface area contributed by atoms with Crippen molar-refractivity contribution in [1.29, 1.82) is 0 Å². The Morgan fingerprint density at radius 3 is 2.11 bits per heavy atom. The van der Waals surface area contributed by atoms with Crippen LogP contribution < -0.4 is 14.2 Å². The molecule has 0 atom stereocenters. The summed E-state index contributed by atoms with van der Waals surface area (Å²) in [7, 11) is 4.78. The van der Waals surface area contributed by atoms with E-state index in [0.717, 1.165) is 0 Å². The highest BCUT2D eigenvalue weighted by Gasteiger charge is 2.13. The second-order valence-electron chi connectivity index (χ2n) is 3.62. The number of methoxy groups -OCH3 is 3. The van der Waals surface area contributed by atoms with Crippen LogP contribution in [0.15, 0.2) is 12.1 Å². The van der Waals surface area contributed by atoms with Crippen LogP contribution in [0, 0.1) is 0 Å². The zero-order chi connectivity index (χ0) is 14.1. The van der Waals surface area contributed by atoms with Gasteiger partial charge in [0.15, 0.2) is 11.5 Å². The third kappa shape index (κ3) is 5.14. The Kier molecular flexibility index (Phi) is 7.40. The highest BCUT2D eigenvalue weighted by atomic mass is 35.5. The molecule has 0 unspecified atom stereocenters. The van der Waals surface area contributed by atoms with Gasteiger partial charge in [0, 0.05) is 26.4 Å². The molecule has 0 radical (unpaired) electrons. The molecule has 0 aliphatic heterocycles. The van der Waals surface area contributed by atoms with Crippen molar-refractivity contribution in [3.05, 3.63) is 17.2 Å². The van der Waals surface area contributed by atoms with Crippen molar-refractivity contribution in [2.75, 3.05) is 47.8 Å². The van der Waals surface area contributed by atoms with Gasteiger partial charge >= 0.3 is 0 Å². The predicted molar refractivity (Wildman–Crippen MR) is 72.7 cm³/mol. The van der Waals surface area contributed by atoms with Gasteiger partial charge in [-0.25, -0.2) is 0 Å². The minimum Gasteiger partial charge on any atom is -0.497 e. The van der Waals surface area contributed by atoms with E-state index in [1.165, 1.54) is 0 Å². The quantitative estimate of drug-likeness (QED) is 0.654. The molecule has 0 heterocycles. The van der Waals surface area contributed by atoms with Gasteiger partial charge in [-0.05, 0) is 0 Å². The minimum atomic E-state index is 0.392. The van der Waals surface area contributed by atoms with E-state index in [1.807, 2.05) is 0 Å². The maximum Gasteiger partial charge on any atom is 0.180 e. The first kappa shape index (κ1) is 15.9. The molecule has 0 spiro atoms. The summed E-state index contributed by atoms with van der Waals surface area (Å²) >= 11 is 6.15. The Labute approximate surface area is 118 Å². The van der Waals surface area contributed by atoms with Crippen molar-refractivity contribution >= 4 is 11.6 Å². The van der Waals surface area contributed by atoms with Crippen LogP contribution in [0.3, 0.4) is 0 Å². The number of hydrogen-bond acceptors (Lipinski definition) is 5. The lowest BCUT2D eigenvalue weighted by molar-refractivity contribution is 0.132. The third-order valence-electron chi connectivity index (χ3n) is 2.30. The van der Waals surface area contributed by atoms with Gasteiger partial charge in [-0.3, -0.25) is 0 Å². The fourth-order valence-electron chi connectivity index (χ4n) is 1.37. The van der Waals surface area contributed by atoms with E-state index < -0.39 is 0 Å². The molecule has 5 nitrogen and oxygen atoms in total. The molecule has 0 bridgehead atoms. The Morgan fingerprint density at radius 1 is 0.895 bits per heavy atom. The highest BCUT2D eigenvalue weighted by molar-refractivity contribution is 6.32. The van der Waals surface area contributed by atoms with E-state index in [-0.39, 0.29) is 0 Å². The Bertz CT molecular complexity index is 384. The van der Waals surface area contributed by atoms with E-state index in [9.17, 15) is 0 Å². The molecular weight excluding hydrogens is 272 g/mol. The van der Waals surface area contributed by atoms with Gasteiger partial charge in [0.05, 0.1) is 25.3 Å². The van der Waals surface area contributed by atoms with Gasteiger partial charge in [0.25, 0.3) is 0 Å². The van der Waals surface area contributed by atoms with Crippen molar-refractivity contribution < 1.29 is 23.7 Å². The Hall–Kier alpha value is -1.17. The zero-order valence-corrected chi connectivity index (χ0v) is 12.2. The summed E-state index contributed by atoms with van der Waals surface area (Å²) in [4.78, 5) is 0. The maximum atomic E-state index is 6.15. The molecule has 0 saturated carbocycles. The van der Waals surface area contributed by atoms with Crippen LogP contribution in [0.1, 0.15) is 0 Å². The molecule has 6 heteroatoms. The molecule has 0 aliphatic carbocycles. The third-order valence-corrected chi connectivity index (χ3v) is 2.58. The molecule has 0 aliphatic rings. The molecular formula is C13H19ClO5. The summed E-state index contributed by atoms with van der Waals surface area (Å²) in [5.41, 5.74) is 0. The summed E-state index contributed by atoms with van der Waals surface area (Å²) < 4.78 is 26.2. The summed E-state index contributed by atoms with van der Waals surface area (Å²) in [6.07, 6.45) is 0. The maximum absolute atomic E-state index is 6.15. The number of ether oxygens (including phenoxy) is 5. The van der Waals surface area contributed by atoms with E-state index in [4.69, 9.17) is 35.3 Å². The van der Waals surface area contributed by atoms with Crippen LogP contribution in [0.25, 0.3) is 0 Å². The summed E-state index contributed by atoms with van der Waals surface area (Å²) in [5.74, 6) is 1.62. The van der Waals surface area contributed by atoms with E-state index in [1.54, 1.807) is 33.5 Å². The van der Waals surface area contributed by atoms with Crippen LogP contribution in [0.4, 0.5) is 0 Å². The normalized spacial score (nSPS) is 10.3. The fraction of sp³-hybridized carbons (Fsp3) is 0.538. The molecule has 0 aromatic heterocycles. The SMILES string of the molecule is COCCOc1cc(OC)cc(Cl)c1OCCOC. The fourth-order valence-corrected chi connectivity index (χ4v) is 1.63. The Balaban J connectivity index is 2.83. The lowest BCUT2D eigenvalue weighted by Crippen LogP contribution is -2.09. The summed E-state index contributed by atoms with van der Waals surface area (Å²) in [5, 5.41) is 0.433. The second kappa shape index (κ2) is 8.85. The zero-order valence-electron chi connectivity index (χ0n) is 11.4. The smallest absolute Gasteiger partial charge is 0.180 e. The molecule has 1 aromatic carbocycles. The topological polar surface area (TPSA) is 46.2 Å². The standard InChI is InChI=1S/C13H19ClO5/c1-15-4-6-18-12-9-10(17-3)8-11(14)13(12)19-7-5-16-2/h8-9H,4-7H2,1-3H3. The molecule has 1 aromatic rings. The first-order chi connectivity index (χ1) is 9.22. The Morgan fingerprint density at radius 2 is 1.53 bits per heavy atom. The van der Waals surface area contributed by atoms with Crippen molar-refractivity contribution in [3.8, 4) is 17.2 Å². The van der Waals surface area contributed by atoms with Crippen LogP contribution in [0.2, 0.25) is 5.02 Å². The van der Waals surface area contributed by atoms with Crippen LogP contribution in [-0.4, -0.2) is 47.8 Å². The van der Waals surface area contributed by atoms with Gasteiger partial charge in [-0.15, -0.1) is 0 Å².